The number of rotatable bonds is 9. The second-order valence-corrected chi connectivity index (χ2v) is 4.62. The summed E-state index contributed by atoms with van der Waals surface area (Å²) < 4.78 is 5.58. The van der Waals surface area contributed by atoms with Gasteiger partial charge in [0.25, 0.3) is 0 Å². The molecule has 3 heteroatoms. The van der Waals surface area contributed by atoms with Gasteiger partial charge in [-0.2, -0.15) is 0 Å². The third-order valence-electron chi connectivity index (χ3n) is 2.43. The molecule has 1 aromatic heterocycles. The van der Waals surface area contributed by atoms with Crippen LogP contribution in [0, 0.1) is 0 Å². The molecule has 1 aromatic rings. The Hall–Kier alpha value is -0.410. The molecule has 0 radical (unpaired) electrons. The van der Waals surface area contributed by atoms with E-state index >= 15 is 0 Å². The van der Waals surface area contributed by atoms with Gasteiger partial charge in [0, 0.05) is 24.3 Å². The molecule has 0 aliphatic rings. The predicted octanol–water partition coefficient (Wildman–Crippen LogP) is 3.60. The Balaban J connectivity index is 1.89. The lowest BCUT2D eigenvalue weighted by molar-refractivity contribution is 0.133. The Morgan fingerprint density at radius 1 is 1.12 bits per heavy atom. The Bertz CT molecular complexity index is 253. The molecule has 1 heterocycles. The first-order valence-electron chi connectivity index (χ1n) is 5.96. The van der Waals surface area contributed by atoms with Gasteiger partial charge in [0.2, 0.25) is 0 Å². The highest BCUT2D eigenvalue weighted by Crippen LogP contribution is 2.03. The van der Waals surface area contributed by atoms with Gasteiger partial charge in [0.1, 0.15) is 0 Å². The van der Waals surface area contributed by atoms with E-state index in [1.165, 1.54) is 31.2 Å². The van der Waals surface area contributed by atoms with Gasteiger partial charge in [-0.3, -0.25) is 4.98 Å². The van der Waals surface area contributed by atoms with Gasteiger partial charge in [-0.05, 0) is 30.9 Å². The van der Waals surface area contributed by atoms with Crippen LogP contribution in [0.25, 0.3) is 0 Å². The highest BCUT2D eigenvalue weighted by Gasteiger charge is 1.93. The molecular formula is C13H20BrNO. The lowest BCUT2D eigenvalue weighted by Gasteiger charge is -2.03. The molecule has 2 nitrogen and oxygen atoms in total. The first-order chi connectivity index (χ1) is 7.93. The van der Waals surface area contributed by atoms with E-state index in [0.29, 0.717) is 0 Å². The van der Waals surface area contributed by atoms with Crippen molar-refractivity contribution in [1.29, 1.82) is 0 Å². The van der Waals surface area contributed by atoms with E-state index in [1.54, 1.807) is 6.20 Å². The van der Waals surface area contributed by atoms with Gasteiger partial charge in [0.15, 0.2) is 0 Å². The Morgan fingerprint density at radius 3 is 2.75 bits per heavy atom. The fourth-order valence-electron chi connectivity index (χ4n) is 1.49. The average Bonchev–Trinajstić information content (AvgIpc) is 2.34. The number of pyridine rings is 1. The standard InChI is InChI=1S/C13H20BrNO/c14-8-3-1-2-4-10-16-11-7-13-6-5-9-15-12-13/h5-6,9,12H,1-4,7-8,10-11H2. The minimum Gasteiger partial charge on any atom is -0.381 e. The number of aromatic nitrogens is 1. The van der Waals surface area contributed by atoms with E-state index in [4.69, 9.17) is 4.74 Å². The average molecular weight is 286 g/mol. The fourth-order valence-corrected chi connectivity index (χ4v) is 1.89. The molecule has 0 bridgehead atoms. The Labute approximate surface area is 107 Å². The van der Waals surface area contributed by atoms with Gasteiger partial charge >= 0.3 is 0 Å². The maximum Gasteiger partial charge on any atom is 0.0507 e. The van der Waals surface area contributed by atoms with Crippen LogP contribution >= 0.6 is 15.9 Å². The number of alkyl halides is 1. The largest absolute Gasteiger partial charge is 0.381 e. The molecule has 0 saturated carbocycles. The maximum atomic E-state index is 5.58. The van der Waals surface area contributed by atoms with Crippen LogP contribution in [0.1, 0.15) is 31.2 Å². The monoisotopic (exact) mass is 285 g/mol. The van der Waals surface area contributed by atoms with E-state index in [1.807, 2.05) is 12.3 Å². The molecule has 0 atom stereocenters. The molecule has 0 aromatic carbocycles. The second-order valence-electron chi connectivity index (χ2n) is 3.83. The van der Waals surface area contributed by atoms with Crippen LogP contribution in [-0.2, 0) is 11.2 Å². The zero-order valence-electron chi connectivity index (χ0n) is 9.70. The summed E-state index contributed by atoms with van der Waals surface area (Å²) in [4.78, 5) is 4.07. The van der Waals surface area contributed by atoms with Crippen LogP contribution in [0.3, 0.4) is 0 Å². The normalized spacial score (nSPS) is 10.6. The van der Waals surface area contributed by atoms with Crippen LogP contribution in [-0.4, -0.2) is 23.5 Å². The van der Waals surface area contributed by atoms with Gasteiger partial charge < -0.3 is 4.74 Å². The molecule has 0 aliphatic heterocycles. The summed E-state index contributed by atoms with van der Waals surface area (Å²) in [6.07, 6.45) is 9.70. The van der Waals surface area contributed by atoms with Crippen LogP contribution in [0.15, 0.2) is 24.5 Å². The van der Waals surface area contributed by atoms with Crippen molar-refractivity contribution in [3.63, 3.8) is 0 Å². The molecule has 0 unspecified atom stereocenters. The maximum absolute atomic E-state index is 5.58. The summed E-state index contributed by atoms with van der Waals surface area (Å²) in [6, 6.07) is 4.06. The van der Waals surface area contributed by atoms with Gasteiger partial charge in [-0.25, -0.2) is 0 Å². The second kappa shape index (κ2) is 9.79. The van der Waals surface area contributed by atoms with Crippen molar-refractivity contribution >= 4 is 15.9 Å². The quantitative estimate of drug-likeness (QED) is 0.511. The third-order valence-corrected chi connectivity index (χ3v) is 2.99. The summed E-state index contributed by atoms with van der Waals surface area (Å²) in [5.41, 5.74) is 1.25. The SMILES string of the molecule is BrCCCCCCOCCc1cccnc1. The van der Waals surface area contributed by atoms with Crippen molar-refractivity contribution < 1.29 is 4.74 Å². The smallest absolute Gasteiger partial charge is 0.0507 e. The topological polar surface area (TPSA) is 22.1 Å². The van der Waals surface area contributed by atoms with Crippen LogP contribution in [0.2, 0.25) is 0 Å². The summed E-state index contributed by atoms with van der Waals surface area (Å²) >= 11 is 3.43. The van der Waals surface area contributed by atoms with Gasteiger partial charge in [-0.1, -0.05) is 34.8 Å². The predicted molar refractivity (Wildman–Crippen MR) is 71.0 cm³/mol. The van der Waals surface area contributed by atoms with E-state index in [-0.39, 0.29) is 0 Å². The van der Waals surface area contributed by atoms with Crippen LogP contribution < -0.4 is 0 Å². The third kappa shape index (κ3) is 6.96. The number of halogens is 1. The number of nitrogens with zero attached hydrogens (tertiary/aromatic N) is 1. The first kappa shape index (κ1) is 13.7. The molecule has 0 spiro atoms. The van der Waals surface area contributed by atoms with Crippen molar-refractivity contribution in [2.45, 2.75) is 32.1 Å². The molecule has 90 valence electrons. The molecule has 0 saturated heterocycles. The molecule has 0 aliphatic carbocycles. The molecule has 0 N–H and O–H groups in total. The summed E-state index contributed by atoms with van der Waals surface area (Å²) in [5, 5.41) is 1.12. The molecule has 0 amide bonds. The number of ether oxygens (including phenoxy) is 1. The lowest BCUT2D eigenvalue weighted by atomic mass is 10.2. The minimum absolute atomic E-state index is 0.810. The number of unbranched alkanes of at least 4 members (excludes halogenated alkanes) is 3. The van der Waals surface area contributed by atoms with Crippen molar-refractivity contribution in [3.8, 4) is 0 Å². The van der Waals surface area contributed by atoms with Crippen LogP contribution in [0.5, 0.6) is 0 Å². The zero-order chi connectivity index (χ0) is 11.5. The van der Waals surface area contributed by atoms with Crippen LogP contribution in [0.4, 0.5) is 0 Å². The van der Waals surface area contributed by atoms with Crippen molar-refractivity contribution in [1.82, 2.24) is 4.98 Å². The van der Waals surface area contributed by atoms with E-state index < -0.39 is 0 Å². The number of hydrogen-bond acceptors (Lipinski definition) is 2. The fraction of sp³-hybridized carbons (Fsp3) is 0.615. The van der Waals surface area contributed by atoms with E-state index in [9.17, 15) is 0 Å². The first-order valence-corrected chi connectivity index (χ1v) is 7.08. The van der Waals surface area contributed by atoms with E-state index in [0.717, 1.165) is 25.0 Å². The highest BCUT2D eigenvalue weighted by atomic mass is 79.9. The Kier molecular flexibility index (Phi) is 8.35. The summed E-state index contributed by atoms with van der Waals surface area (Å²) in [7, 11) is 0. The minimum atomic E-state index is 0.810. The van der Waals surface area contributed by atoms with Gasteiger partial charge in [-0.15, -0.1) is 0 Å². The van der Waals surface area contributed by atoms with Crippen molar-refractivity contribution in [2.24, 2.45) is 0 Å². The Morgan fingerprint density at radius 2 is 2.00 bits per heavy atom. The van der Waals surface area contributed by atoms with Crippen molar-refractivity contribution in [2.75, 3.05) is 18.5 Å². The van der Waals surface area contributed by atoms with Crippen molar-refractivity contribution in [3.05, 3.63) is 30.1 Å². The zero-order valence-corrected chi connectivity index (χ0v) is 11.3. The summed E-state index contributed by atoms with van der Waals surface area (Å²) in [6.45, 7) is 1.70. The molecule has 0 fully saturated rings. The van der Waals surface area contributed by atoms with Gasteiger partial charge in [0.05, 0.1) is 6.61 Å². The van der Waals surface area contributed by atoms with E-state index in [2.05, 4.69) is 27.0 Å². The number of hydrogen-bond donors (Lipinski definition) is 0. The lowest BCUT2D eigenvalue weighted by Crippen LogP contribution is -2.00. The molecular weight excluding hydrogens is 266 g/mol. The summed E-state index contributed by atoms with van der Waals surface area (Å²) in [5.74, 6) is 0. The highest BCUT2D eigenvalue weighted by molar-refractivity contribution is 9.09. The molecule has 1 rings (SSSR count). The molecule has 16 heavy (non-hydrogen) atoms.